The summed E-state index contributed by atoms with van der Waals surface area (Å²) in [6.07, 6.45) is 3.39. The van der Waals surface area contributed by atoms with Crippen LogP contribution in [0.4, 0.5) is 5.69 Å². The van der Waals surface area contributed by atoms with E-state index in [2.05, 4.69) is 43.2 Å². The van der Waals surface area contributed by atoms with Crippen molar-refractivity contribution in [2.45, 2.75) is 52.1 Å². The van der Waals surface area contributed by atoms with E-state index in [-0.39, 0.29) is 11.9 Å². The van der Waals surface area contributed by atoms with Gasteiger partial charge in [-0.05, 0) is 31.0 Å². The van der Waals surface area contributed by atoms with Gasteiger partial charge in [0, 0.05) is 30.6 Å². The number of hydrogen-bond acceptors (Lipinski definition) is 4. The zero-order valence-corrected chi connectivity index (χ0v) is 14.6. The van der Waals surface area contributed by atoms with Crippen LogP contribution in [0.3, 0.4) is 0 Å². The van der Waals surface area contributed by atoms with Crippen LogP contribution in [0.2, 0.25) is 0 Å². The van der Waals surface area contributed by atoms with Crippen molar-refractivity contribution in [1.82, 2.24) is 10.3 Å². The minimum atomic E-state index is 0.150. The van der Waals surface area contributed by atoms with E-state index in [4.69, 9.17) is 4.42 Å². The van der Waals surface area contributed by atoms with Crippen LogP contribution in [0.25, 0.3) is 0 Å². The summed E-state index contributed by atoms with van der Waals surface area (Å²) in [5.41, 5.74) is 2.14. The molecule has 0 aliphatic carbocycles. The minimum absolute atomic E-state index is 0.150. The van der Waals surface area contributed by atoms with Gasteiger partial charge < -0.3 is 14.6 Å². The fourth-order valence-corrected chi connectivity index (χ4v) is 2.91. The number of benzene rings is 1. The second-order valence-corrected chi connectivity index (χ2v) is 6.66. The first kappa shape index (κ1) is 16.7. The van der Waals surface area contributed by atoms with Crippen molar-refractivity contribution in [3.63, 3.8) is 0 Å². The molecule has 128 valence electrons. The van der Waals surface area contributed by atoms with E-state index in [1.54, 1.807) is 6.20 Å². The quantitative estimate of drug-likeness (QED) is 0.877. The van der Waals surface area contributed by atoms with Crippen molar-refractivity contribution in [2.75, 3.05) is 11.4 Å². The lowest BCUT2D eigenvalue weighted by Gasteiger charge is -2.19. The van der Waals surface area contributed by atoms with Crippen molar-refractivity contribution in [3.8, 4) is 0 Å². The van der Waals surface area contributed by atoms with E-state index in [0.29, 0.717) is 24.8 Å². The Hall–Kier alpha value is -2.14. The van der Waals surface area contributed by atoms with Crippen LogP contribution in [0.5, 0.6) is 0 Å². The van der Waals surface area contributed by atoms with Gasteiger partial charge in [0.05, 0.1) is 12.7 Å². The highest BCUT2D eigenvalue weighted by atomic mass is 16.4. The van der Waals surface area contributed by atoms with Gasteiger partial charge in [0.1, 0.15) is 5.76 Å². The lowest BCUT2D eigenvalue weighted by atomic mass is 10.1. The standard InChI is InChI=1S/C19H25N3O2/c1-13(2)17-11-21-18(24-17)12-20-14(3)15-6-4-7-16(10-15)22-9-5-8-19(22)23/h4,6-7,10-11,13-14,20H,5,8-9,12H2,1-3H3. The number of carbonyl (C=O) groups is 1. The van der Waals surface area contributed by atoms with Gasteiger partial charge in [0.2, 0.25) is 11.8 Å². The molecule has 1 fully saturated rings. The fraction of sp³-hybridized carbons (Fsp3) is 0.474. The average molecular weight is 327 g/mol. The highest BCUT2D eigenvalue weighted by Gasteiger charge is 2.22. The predicted molar refractivity (Wildman–Crippen MR) is 93.9 cm³/mol. The SMILES string of the molecule is CC(C)c1cnc(CNC(C)c2cccc(N3CCCC3=O)c2)o1. The van der Waals surface area contributed by atoms with Gasteiger partial charge >= 0.3 is 0 Å². The van der Waals surface area contributed by atoms with Gasteiger partial charge in [-0.1, -0.05) is 26.0 Å². The second kappa shape index (κ2) is 7.18. The van der Waals surface area contributed by atoms with E-state index in [9.17, 15) is 4.79 Å². The van der Waals surface area contributed by atoms with Crippen LogP contribution in [0, 0.1) is 0 Å². The molecular weight excluding hydrogens is 302 g/mol. The van der Waals surface area contributed by atoms with E-state index in [1.165, 1.54) is 0 Å². The summed E-state index contributed by atoms with van der Waals surface area (Å²) < 4.78 is 5.72. The van der Waals surface area contributed by atoms with E-state index < -0.39 is 0 Å². The van der Waals surface area contributed by atoms with E-state index >= 15 is 0 Å². The Morgan fingerprint density at radius 3 is 2.83 bits per heavy atom. The molecule has 1 saturated heterocycles. The third-order valence-corrected chi connectivity index (χ3v) is 4.46. The van der Waals surface area contributed by atoms with Crippen LogP contribution in [0.15, 0.2) is 34.9 Å². The first-order valence-electron chi connectivity index (χ1n) is 8.63. The summed E-state index contributed by atoms with van der Waals surface area (Å²) in [5, 5.41) is 3.44. The molecule has 24 heavy (non-hydrogen) atoms. The molecule has 1 aliphatic heterocycles. The van der Waals surface area contributed by atoms with Crippen molar-refractivity contribution in [3.05, 3.63) is 47.7 Å². The molecule has 1 aromatic carbocycles. The molecule has 1 aliphatic rings. The Kier molecular flexibility index (Phi) is 5.00. The molecule has 5 nitrogen and oxygen atoms in total. The topological polar surface area (TPSA) is 58.4 Å². The molecule has 0 saturated carbocycles. The number of amides is 1. The Balaban J connectivity index is 1.64. The number of carbonyl (C=O) groups excluding carboxylic acids is 1. The second-order valence-electron chi connectivity index (χ2n) is 6.66. The Labute approximate surface area is 143 Å². The fourth-order valence-electron chi connectivity index (χ4n) is 2.91. The minimum Gasteiger partial charge on any atom is -0.444 e. The number of hydrogen-bond donors (Lipinski definition) is 1. The zero-order valence-electron chi connectivity index (χ0n) is 14.6. The van der Waals surface area contributed by atoms with Crippen molar-refractivity contribution in [1.29, 1.82) is 0 Å². The van der Waals surface area contributed by atoms with Crippen LogP contribution < -0.4 is 10.2 Å². The maximum atomic E-state index is 11.9. The molecule has 3 rings (SSSR count). The molecule has 2 heterocycles. The summed E-state index contributed by atoms with van der Waals surface area (Å²) >= 11 is 0. The molecule has 0 bridgehead atoms. The molecule has 1 amide bonds. The number of nitrogens with one attached hydrogen (secondary N) is 1. The first-order chi connectivity index (χ1) is 11.5. The van der Waals surface area contributed by atoms with Crippen molar-refractivity contribution in [2.24, 2.45) is 0 Å². The van der Waals surface area contributed by atoms with Gasteiger partial charge in [-0.2, -0.15) is 0 Å². The maximum Gasteiger partial charge on any atom is 0.227 e. The van der Waals surface area contributed by atoms with Gasteiger partial charge in [0.25, 0.3) is 0 Å². The maximum absolute atomic E-state index is 11.9. The largest absolute Gasteiger partial charge is 0.444 e. The van der Waals surface area contributed by atoms with Gasteiger partial charge in [-0.15, -0.1) is 0 Å². The lowest BCUT2D eigenvalue weighted by Crippen LogP contribution is -2.24. The monoisotopic (exact) mass is 327 g/mol. The van der Waals surface area contributed by atoms with Crippen molar-refractivity contribution < 1.29 is 9.21 Å². The van der Waals surface area contributed by atoms with E-state index in [1.807, 2.05) is 17.0 Å². The molecule has 1 N–H and O–H groups in total. The summed E-state index contributed by atoms with van der Waals surface area (Å²) in [6, 6.07) is 8.34. The van der Waals surface area contributed by atoms with Crippen LogP contribution in [-0.4, -0.2) is 17.4 Å². The molecular formula is C19H25N3O2. The highest BCUT2D eigenvalue weighted by Crippen LogP contribution is 2.25. The Morgan fingerprint density at radius 2 is 2.17 bits per heavy atom. The van der Waals surface area contributed by atoms with Crippen LogP contribution >= 0.6 is 0 Å². The number of aromatic nitrogens is 1. The number of rotatable bonds is 6. The first-order valence-corrected chi connectivity index (χ1v) is 8.63. The molecule has 1 unspecified atom stereocenters. The summed E-state index contributed by atoms with van der Waals surface area (Å²) in [7, 11) is 0. The number of oxazole rings is 1. The van der Waals surface area contributed by atoms with Gasteiger partial charge in [-0.3, -0.25) is 4.79 Å². The Morgan fingerprint density at radius 1 is 1.33 bits per heavy atom. The molecule has 1 aromatic heterocycles. The normalized spacial score (nSPS) is 16.2. The summed E-state index contributed by atoms with van der Waals surface area (Å²) in [6.45, 7) is 7.69. The van der Waals surface area contributed by atoms with Gasteiger partial charge in [-0.25, -0.2) is 4.98 Å². The third-order valence-electron chi connectivity index (χ3n) is 4.46. The highest BCUT2D eigenvalue weighted by molar-refractivity contribution is 5.95. The molecule has 2 aromatic rings. The summed E-state index contributed by atoms with van der Waals surface area (Å²) in [5.74, 6) is 2.18. The number of anilines is 1. The van der Waals surface area contributed by atoms with Crippen LogP contribution in [0.1, 0.15) is 62.8 Å². The van der Waals surface area contributed by atoms with Crippen molar-refractivity contribution >= 4 is 11.6 Å². The lowest BCUT2D eigenvalue weighted by molar-refractivity contribution is -0.117. The molecule has 0 spiro atoms. The van der Waals surface area contributed by atoms with Crippen LogP contribution in [-0.2, 0) is 11.3 Å². The number of nitrogens with zero attached hydrogens (tertiary/aromatic N) is 2. The Bertz CT molecular complexity index is 708. The summed E-state index contributed by atoms with van der Waals surface area (Å²) in [4.78, 5) is 18.1. The third kappa shape index (κ3) is 3.67. The molecule has 1 atom stereocenters. The predicted octanol–water partition coefficient (Wildman–Crippen LogP) is 3.78. The van der Waals surface area contributed by atoms with Gasteiger partial charge in [0.15, 0.2) is 0 Å². The zero-order chi connectivity index (χ0) is 17.1. The molecule has 0 radical (unpaired) electrons. The molecule has 5 heteroatoms. The van der Waals surface area contributed by atoms with E-state index in [0.717, 1.165) is 30.0 Å². The smallest absolute Gasteiger partial charge is 0.227 e. The average Bonchev–Trinajstić information content (AvgIpc) is 3.21.